The van der Waals surface area contributed by atoms with Gasteiger partial charge in [-0.05, 0) is 67.6 Å². The van der Waals surface area contributed by atoms with Crippen LogP contribution in [0.3, 0.4) is 0 Å². The van der Waals surface area contributed by atoms with Gasteiger partial charge in [-0.3, -0.25) is 0 Å². The van der Waals surface area contributed by atoms with Crippen LogP contribution in [0.2, 0.25) is 0 Å². The Kier molecular flexibility index (Phi) is 17.9. The van der Waals surface area contributed by atoms with Crippen LogP contribution in [0.4, 0.5) is 0 Å². The molecule has 1 rings (SSSR count). The number of hydrogen-bond donors (Lipinski definition) is 0. The summed E-state index contributed by atoms with van der Waals surface area (Å²) in [6, 6.07) is 4.88. The standard InChI is InChI=1S/C26H45S3/c1-5-9-12-15-18-27-24-21-23(8-4)22-25(28-19-16-13-10-6-2)26(24)29-20-17-14-11-7-3/h21-22H,4-20H2,1-3H3. The highest BCUT2D eigenvalue weighted by Crippen LogP contribution is 2.41. The molecule has 29 heavy (non-hydrogen) atoms. The first-order valence-electron chi connectivity index (χ1n) is 12.1. The van der Waals surface area contributed by atoms with Crippen molar-refractivity contribution in [3.8, 4) is 0 Å². The predicted octanol–water partition coefficient (Wildman–Crippen LogP) is 10.1. The molecule has 1 radical (unpaired) electrons. The summed E-state index contributed by atoms with van der Waals surface area (Å²) in [5, 5.41) is 0. The van der Waals surface area contributed by atoms with E-state index in [0.29, 0.717) is 0 Å². The van der Waals surface area contributed by atoms with Crippen LogP contribution >= 0.6 is 35.3 Å². The Balaban J connectivity index is 2.81. The van der Waals surface area contributed by atoms with Crippen molar-refractivity contribution < 1.29 is 0 Å². The molecule has 1 aromatic rings. The van der Waals surface area contributed by atoms with E-state index in [1.54, 1.807) is 4.90 Å². The van der Waals surface area contributed by atoms with Crippen LogP contribution in [-0.2, 0) is 6.42 Å². The fraction of sp³-hybridized carbons (Fsp3) is 0.731. The first-order chi connectivity index (χ1) is 14.3. The van der Waals surface area contributed by atoms with Crippen molar-refractivity contribution in [3.05, 3.63) is 24.6 Å². The van der Waals surface area contributed by atoms with Crippen LogP contribution in [-0.4, -0.2) is 17.3 Å². The minimum atomic E-state index is 0.897. The maximum Gasteiger partial charge on any atom is 0.0344 e. The van der Waals surface area contributed by atoms with Crippen LogP contribution < -0.4 is 0 Å². The zero-order valence-electron chi connectivity index (χ0n) is 19.4. The molecule has 0 aliphatic heterocycles. The maximum absolute atomic E-state index is 4.18. The van der Waals surface area contributed by atoms with Crippen molar-refractivity contribution in [1.29, 1.82) is 0 Å². The minimum Gasteiger partial charge on any atom is -0.125 e. The SMILES string of the molecule is [CH2]Cc1cc(SCCCCCC)c(SCCCCCC)c(SCCCCCC)c1. The van der Waals surface area contributed by atoms with E-state index < -0.39 is 0 Å². The summed E-state index contributed by atoms with van der Waals surface area (Å²) >= 11 is 6.31. The fourth-order valence-electron chi connectivity index (χ4n) is 3.26. The summed E-state index contributed by atoms with van der Waals surface area (Å²) < 4.78 is 0. The van der Waals surface area contributed by atoms with Crippen molar-refractivity contribution in [3.63, 3.8) is 0 Å². The third-order valence-corrected chi connectivity index (χ3v) is 8.86. The number of benzene rings is 1. The zero-order chi connectivity index (χ0) is 21.2. The molecular formula is C26H45S3. The highest BCUT2D eigenvalue weighted by atomic mass is 32.2. The molecule has 0 nitrogen and oxygen atoms in total. The molecule has 0 amide bonds. The molecule has 0 unspecified atom stereocenters. The van der Waals surface area contributed by atoms with Crippen molar-refractivity contribution in [1.82, 2.24) is 0 Å². The second-order valence-corrected chi connectivity index (χ2v) is 11.3. The normalized spacial score (nSPS) is 11.3. The third-order valence-electron chi connectivity index (χ3n) is 5.12. The quantitative estimate of drug-likeness (QED) is 0.151. The van der Waals surface area contributed by atoms with E-state index >= 15 is 0 Å². The van der Waals surface area contributed by atoms with Crippen LogP contribution in [0.15, 0.2) is 26.8 Å². The van der Waals surface area contributed by atoms with Gasteiger partial charge < -0.3 is 0 Å². The number of rotatable bonds is 19. The van der Waals surface area contributed by atoms with Crippen molar-refractivity contribution in [2.24, 2.45) is 0 Å². The Morgan fingerprint density at radius 2 is 1.00 bits per heavy atom. The molecule has 0 aromatic heterocycles. The Hall–Kier alpha value is 0.270. The van der Waals surface area contributed by atoms with Crippen molar-refractivity contribution >= 4 is 35.3 Å². The van der Waals surface area contributed by atoms with Gasteiger partial charge >= 0.3 is 0 Å². The maximum atomic E-state index is 4.18. The third kappa shape index (κ3) is 12.7. The Labute approximate surface area is 195 Å². The van der Waals surface area contributed by atoms with Crippen LogP contribution in [0.5, 0.6) is 0 Å². The molecule has 0 saturated carbocycles. The van der Waals surface area contributed by atoms with Gasteiger partial charge in [0.25, 0.3) is 0 Å². The molecule has 0 atom stereocenters. The molecule has 0 bridgehead atoms. The van der Waals surface area contributed by atoms with Gasteiger partial charge in [-0.15, -0.1) is 35.3 Å². The Morgan fingerprint density at radius 1 is 0.586 bits per heavy atom. The molecule has 3 heteroatoms. The smallest absolute Gasteiger partial charge is 0.0344 e. The lowest BCUT2D eigenvalue weighted by atomic mass is 10.2. The van der Waals surface area contributed by atoms with Crippen LogP contribution in [0, 0.1) is 6.92 Å². The van der Waals surface area contributed by atoms with E-state index in [9.17, 15) is 0 Å². The van der Waals surface area contributed by atoms with Gasteiger partial charge in [0.1, 0.15) is 0 Å². The average Bonchev–Trinajstić information content (AvgIpc) is 2.74. The minimum absolute atomic E-state index is 0.897. The Morgan fingerprint density at radius 3 is 1.38 bits per heavy atom. The lowest BCUT2D eigenvalue weighted by molar-refractivity contribution is 0.705. The molecule has 1 aromatic carbocycles. The van der Waals surface area contributed by atoms with Crippen molar-refractivity contribution in [2.45, 2.75) is 119 Å². The zero-order valence-corrected chi connectivity index (χ0v) is 21.8. The topological polar surface area (TPSA) is 0 Å². The molecule has 0 aliphatic rings. The van der Waals surface area contributed by atoms with E-state index in [1.165, 1.54) is 110 Å². The monoisotopic (exact) mass is 453 g/mol. The van der Waals surface area contributed by atoms with E-state index in [4.69, 9.17) is 0 Å². The second kappa shape index (κ2) is 19.0. The summed E-state index contributed by atoms with van der Waals surface area (Å²) in [5.74, 6) is 3.77. The molecule has 0 saturated heterocycles. The van der Waals surface area contributed by atoms with E-state index in [1.807, 2.05) is 0 Å². The molecule has 167 valence electrons. The lowest BCUT2D eigenvalue weighted by Crippen LogP contribution is -1.93. The first-order valence-corrected chi connectivity index (χ1v) is 15.1. The van der Waals surface area contributed by atoms with E-state index in [-0.39, 0.29) is 0 Å². The van der Waals surface area contributed by atoms with Crippen LogP contribution in [0.1, 0.15) is 103 Å². The molecule has 0 spiro atoms. The van der Waals surface area contributed by atoms with Crippen LogP contribution in [0.25, 0.3) is 0 Å². The van der Waals surface area contributed by atoms with Gasteiger partial charge in [0.15, 0.2) is 0 Å². The lowest BCUT2D eigenvalue weighted by Gasteiger charge is -2.16. The van der Waals surface area contributed by atoms with E-state index in [2.05, 4.69) is 75.1 Å². The summed E-state index contributed by atoms with van der Waals surface area (Å²) in [5.41, 5.74) is 1.41. The second-order valence-electron chi connectivity index (χ2n) is 7.90. The average molecular weight is 454 g/mol. The van der Waals surface area contributed by atoms with Gasteiger partial charge in [0.2, 0.25) is 0 Å². The first kappa shape index (κ1) is 27.3. The van der Waals surface area contributed by atoms with Gasteiger partial charge in [-0.2, -0.15) is 0 Å². The fourth-order valence-corrected chi connectivity index (χ4v) is 7.07. The molecule has 0 fully saturated rings. The molecule has 0 N–H and O–H groups in total. The van der Waals surface area contributed by atoms with Gasteiger partial charge in [0.05, 0.1) is 0 Å². The van der Waals surface area contributed by atoms with Gasteiger partial charge in [0, 0.05) is 14.7 Å². The molecular weight excluding hydrogens is 408 g/mol. The van der Waals surface area contributed by atoms with Crippen molar-refractivity contribution in [2.75, 3.05) is 17.3 Å². The summed E-state index contributed by atoms with van der Waals surface area (Å²) in [6.45, 7) is 11.1. The number of unbranched alkanes of at least 4 members (excludes halogenated alkanes) is 9. The number of hydrogen-bond acceptors (Lipinski definition) is 3. The summed E-state index contributed by atoms with van der Waals surface area (Å²) in [6.07, 6.45) is 17.1. The Bertz CT molecular complexity index is 478. The summed E-state index contributed by atoms with van der Waals surface area (Å²) in [7, 11) is 0. The predicted molar refractivity (Wildman–Crippen MR) is 140 cm³/mol. The molecule has 0 aliphatic carbocycles. The number of thioether (sulfide) groups is 3. The highest BCUT2D eigenvalue weighted by Gasteiger charge is 2.13. The van der Waals surface area contributed by atoms with Gasteiger partial charge in [-0.1, -0.05) is 78.6 Å². The van der Waals surface area contributed by atoms with Gasteiger partial charge in [-0.25, -0.2) is 0 Å². The molecule has 0 heterocycles. The largest absolute Gasteiger partial charge is 0.125 e. The summed E-state index contributed by atoms with van der Waals surface area (Å²) in [4.78, 5) is 4.62. The highest BCUT2D eigenvalue weighted by molar-refractivity contribution is 8.03. The van der Waals surface area contributed by atoms with E-state index in [0.717, 1.165) is 6.42 Å².